The molecule has 1 aliphatic heterocycles. The Morgan fingerprint density at radius 3 is 2.38 bits per heavy atom. The van der Waals surface area contributed by atoms with Gasteiger partial charge in [-0.25, -0.2) is 15.0 Å². The van der Waals surface area contributed by atoms with Crippen LogP contribution in [0.2, 0.25) is 0 Å². The molecule has 0 bridgehead atoms. The Labute approximate surface area is 176 Å². The van der Waals surface area contributed by atoms with E-state index in [1.165, 1.54) is 0 Å². The number of piperazine rings is 1. The predicted octanol–water partition coefficient (Wildman–Crippen LogP) is 2.42. The molecule has 29 heavy (non-hydrogen) atoms. The molecule has 1 saturated heterocycles. The first kappa shape index (κ1) is 21.0. The quantitative estimate of drug-likeness (QED) is 0.696. The number of benzene rings is 1. The fourth-order valence-electron chi connectivity index (χ4n) is 3.43. The molecule has 1 fully saturated rings. The van der Waals surface area contributed by atoms with Crippen LogP contribution in [0.15, 0.2) is 49.1 Å². The normalized spacial score (nSPS) is 13.8. The number of aromatic nitrogens is 4. The monoisotopic (exact) mass is 412 g/mol. The third-order valence-electron chi connectivity index (χ3n) is 4.96. The molecule has 0 aliphatic carbocycles. The van der Waals surface area contributed by atoms with Crippen LogP contribution in [0.5, 0.6) is 0 Å². The van der Waals surface area contributed by atoms with Crippen molar-refractivity contribution >= 4 is 18.3 Å². The summed E-state index contributed by atoms with van der Waals surface area (Å²) in [6, 6.07) is 10.00. The van der Waals surface area contributed by atoms with Gasteiger partial charge in [0.05, 0.1) is 17.7 Å². The minimum atomic E-state index is 0. The number of amides is 1. The van der Waals surface area contributed by atoms with Crippen LogP contribution in [0.4, 0.5) is 0 Å². The molecule has 0 spiro atoms. The van der Waals surface area contributed by atoms with Crippen LogP contribution in [-0.2, 0) is 17.8 Å². The van der Waals surface area contributed by atoms with Crippen LogP contribution < -0.4 is 5.32 Å². The van der Waals surface area contributed by atoms with Crippen molar-refractivity contribution in [1.29, 1.82) is 0 Å². The maximum atomic E-state index is 12.8. The number of imidazole rings is 1. The van der Waals surface area contributed by atoms with Gasteiger partial charge >= 0.3 is 0 Å². The molecule has 1 aliphatic rings. The molecule has 152 valence electrons. The van der Waals surface area contributed by atoms with E-state index in [9.17, 15) is 4.79 Å². The van der Waals surface area contributed by atoms with Crippen molar-refractivity contribution < 1.29 is 4.79 Å². The maximum absolute atomic E-state index is 12.8. The molecular formula is C21H25ClN6O. The molecule has 3 heterocycles. The van der Waals surface area contributed by atoms with E-state index in [2.05, 4.69) is 20.3 Å². The largest absolute Gasteiger partial charge is 0.339 e. The van der Waals surface area contributed by atoms with Crippen molar-refractivity contribution in [2.45, 2.75) is 19.9 Å². The standard InChI is InChI=1S/C21H24N6O.ClH/c1-2-18-23-12-17(13-24-18)21-20(16-6-4-3-5-7-16)25-15-27(21)14-19(28)26-10-8-22-9-11-26;/h3-7,12-13,15,22H,2,8-11,14H2,1H3;1H. The van der Waals surface area contributed by atoms with Gasteiger partial charge in [-0.3, -0.25) is 4.79 Å². The third kappa shape index (κ3) is 4.63. The lowest BCUT2D eigenvalue weighted by molar-refractivity contribution is -0.132. The zero-order valence-electron chi connectivity index (χ0n) is 16.4. The Balaban J connectivity index is 0.00000240. The Hall–Kier alpha value is -2.77. The molecule has 0 unspecified atom stereocenters. The van der Waals surface area contributed by atoms with Crippen molar-refractivity contribution in [1.82, 2.24) is 29.7 Å². The zero-order chi connectivity index (χ0) is 19.3. The van der Waals surface area contributed by atoms with Gasteiger partial charge in [0.2, 0.25) is 5.91 Å². The summed E-state index contributed by atoms with van der Waals surface area (Å²) in [6.07, 6.45) is 6.17. The van der Waals surface area contributed by atoms with Gasteiger partial charge in [0.15, 0.2) is 0 Å². The summed E-state index contributed by atoms with van der Waals surface area (Å²) < 4.78 is 1.91. The minimum absolute atomic E-state index is 0. The number of nitrogens with zero attached hydrogens (tertiary/aromatic N) is 5. The number of aryl methyl sites for hydroxylation is 1. The fourth-order valence-corrected chi connectivity index (χ4v) is 3.43. The summed E-state index contributed by atoms with van der Waals surface area (Å²) in [5, 5.41) is 3.28. The highest BCUT2D eigenvalue weighted by Gasteiger charge is 2.21. The molecular weight excluding hydrogens is 388 g/mol. The predicted molar refractivity (Wildman–Crippen MR) is 115 cm³/mol. The molecule has 1 N–H and O–H groups in total. The Morgan fingerprint density at radius 1 is 1.03 bits per heavy atom. The molecule has 2 aromatic heterocycles. The molecule has 8 heteroatoms. The minimum Gasteiger partial charge on any atom is -0.339 e. The van der Waals surface area contributed by atoms with E-state index >= 15 is 0 Å². The molecule has 1 aromatic carbocycles. The second-order valence-electron chi connectivity index (χ2n) is 6.81. The number of carbonyl (C=O) groups excluding carboxylic acids is 1. The smallest absolute Gasteiger partial charge is 0.242 e. The first-order chi connectivity index (χ1) is 13.8. The van der Waals surface area contributed by atoms with Gasteiger partial charge in [0.1, 0.15) is 12.4 Å². The van der Waals surface area contributed by atoms with E-state index in [1.54, 1.807) is 6.33 Å². The highest BCUT2D eigenvalue weighted by atomic mass is 35.5. The lowest BCUT2D eigenvalue weighted by atomic mass is 10.1. The number of carbonyl (C=O) groups is 1. The molecule has 0 radical (unpaired) electrons. The van der Waals surface area contributed by atoms with E-state index in [0.717, 1.165) is 60.9 Å². The van der Waals surface area contributed by atoms with Crippen LogP contribution in [0, 0.1) is 0 Å². The zero-order valence-corrected chi connectivity index (χ0v) is 17.2. The van der Waals surface area contributed by atoms with Crippen molar-refractivity contribution in [2.24, 2.45) is 0 Å². The van der Waals surface area contributed by atoms with Crippen molar-refractivity contribution in [3.63, 3.8) is 0 Å². The summed E-state index contributed by atoms with van der Waals surface area (Å²) in [5.41, 5.74) is 3.58. The second kappa shape index (κ2) is 9.62. The number of rotatable bonds is 5. The number of hydrogen-bond acceptors (Lipinski definition) is 5. The van der Waals surface area contributed by atoms with Gasteiger partial charge in [-0.15, -0.1) is 12.4 Å². The van der Waals surface area contributed by atoms with Crippen LogP contribution in [-0.4, -0.2) is 56.5 Å². The van der Waals surface area contributed by atoms with Crippen LogP contribution >= 0.6 is 12.4 Å². The number of hydrogen-bond donors (Lipinski definition) is 1. The Morgan fingerprint density at radius 2 is 1.72 bits per heavy atom. The lowest BCUT2D eigenvalue weighted by Gasteiger charge is -2.27. The van der Waals surface area contributed by atoms with Gasteiger partial charge in [-0.05, 0) is 0 Å². The number of halogens is 1. The van der Waals surface area contributed by atoms with E-state index in [1.807, 2.05) is 59.1 Å². The summed E-state index contributed by atoms with van der Waals surface area (Å²) in [5.74, 6) is 0.902. The average Bonchev–Trinajstić information content (AvgIpc) is 3.18. The van der Waals surface area contributed by atoms with E-state index in [4.69, 9.17) is 0 Å². The van der Waals surface area contributed by atoms with Crippen molar-refractivity contribution in [3.05, 3.63) is 54.9 Å². The van der Waals surface area contributed by atoms with Crippen molar-refractivity contribution in [3.8, 4) is 22.5 Å². The topological polar surface area (TPSA) is 75.9 Å². The summed E-state index contributed by atoms with van der Waals surface area (Å²) in [7, 11) is 0. The van der Waals surface area contributed by atoms with E-state index < -0.39 is 0 Å². The average molecular weight is 413 g/mol. The SMILES string of the molecule is CCc1ncc(-c2c(-c3ccccc3)ncn2CC(=O)N2CCNCC2)cn1.Cl. The highest BCUT2D eigenvalue weighted by molar-refractivity contribution is 5.85. The van der Waals surface area contributed by atoms with E-state index in [-0.39, 0.29) is 24.9 Å². The van der Waals surface area contributed by atoms with Gasteiger partial charge < -0.3 is 14.8 Å². The molecule has 0 atom stereocenters. The van der Waals surface area contributed by atoms with Gasteiger partial charge in [-0.1, -0.05) is 37.3 Å². The molecule has 7 nitrogen and oxygen atoms in total. The van der Waals surface area contributed by atoms with Crippen LogP contribution in [0.1, 0.15) is 12.7 Å². The first-order valence-electron chi connectivity index (χ1n) is 9.66. The van der Waals surface area contributed by atoms with Crippen LogP contribution in [0.3, 0.4) is 0 Å². The summed E-state index contributed by atoms with van der Waals surface area (Å²) >= 11 is 0. The Kier molecular flexibility index (Phi) is 6.95. The van der Waals surface area contributed by atoms with Gasteiger partial charge in [0, 0.05) is 56.1 Å². The molecule has 1 amide bonds. The van der Waals surface area contributed by atoms with Crippen molar-refractivity contribution in [2.75, 3.05) is 26.2 Å². The fraction of sp³-hybridized carbons (Fsp3) is 0.333. The summed E-state index contributed by atoms with van der Waals surface area (Å²) in [4.78, 5) is 28.2. The molecule has 0 saturated carbocycles. The molecule has 4 rings (SSSR count). The second-order valence-corrected chi connectivity index (χ2v) is 6.81. The highest BCUT2D eigenvalue weighted by Crippen LogP contribution is 2.30. The maximum Gasteiger partial charge on any atom is 0.242 e. The van der Waals surface area contributed by atoms with Gasteiger partial charge in [0.25, 0.3) is 0 Å². The van der Waals surface area contributed by atoms with E-state index in [0.29, 0.717) is 0 Å². The first-order valence-corrected chi connectivity index (χ1v) is 9.66. The van der Waals surface area contributed by atoms with Crippen LogP contribution in [0.25, 0.3) is 22.5 Å². The number of nitrogens with one attached hydrogen (secondary N) is 1. The summed E-state index contributed by atoms with van der Waals surface area (Å²) in [6.45, 7) is 5.44. The van der Waals surface area contributed by atoms with Gasteiger partial charge in [-0.2, -0.15) is 0 Å². The lowest BCUT2D eigenvalue weighted by Crippen LogP contribution is -2.47. The Bertz CT molecular complexity index is 936. The third-order valence-corrected chi connectivity index (χ3v) is 4.96. The molecule has 3 aromatic rings.